The average molecular weight is 295 g/mol. The highest BCUT2D eigenvalue weighted by molar-refractivity contribution is 6.68. The summed E-state index contributed by atoms with van der Waals surface area (Å²) in [6.07, 6.45) is 0.610. The number of hydrogen-bond acceptors (Lipinski definition) is 2. The molecular weight excluding hydrogens is 280 g/mol. The topological polar surface area (TPSA) is 12.5 Å². The van der Waals surface area contributed by atoms with E-state index in [1.54, 1.807) is 0 Å². The van der Waals surface area contributed by atoms with Gasteiger partial charge in [-0.25, -0.2) is 0 Å². The van der Waals surface area contributed by atoms with Gasteiger partial charge in [0.25, 0.3) is 0 Å². The van der Waals surface area contributed by atoms with Crippen molar-refractivity contribution in [1.82, 2.24) is 0 Å². The zero-order chi connectivity index (χ0) is 12.5. The smallest absolute Gasteiger partial charge is 0.237 e. The molecule has 1 saturated heterocycles. The molecule has 0 aliphatic carbocycles. The summed E-state index contributed by atoms with van der Waals surface area (Å²) in [5, 5.41) is 0. The van der Waals surface area contributed by atoms with Crippen LogP contribution in [0, 0.1) is 0 Å². The SMILES string of the molecule is CC[C@]1(C(Cl)(Cl)Cl)OCCN1c1ccccc1. The van der Waals surface area contributed by atoms with Gasteiger partial charge in [-0.2, -0.15) is 0 Å². The number of hydrogen-bond donors (Lipinski definition) is 0. The highest BCUT2D eigenvalue weighted by Crippen LogP contribution is 2.48. The normalized spacial score (nSPS) is 25.3. The van der Waals surface area contributed by atoms with Crippen molar-refractivity contribution in [3.63, 3.8) is 0 Å². The third-order valence-electron chi connectivity index (χ3n) is 3.08. The molecule has 2 nitrogen and oxygen atoms in total. The maximum absolute atomic E-state index is 6.11. The van der Waals surface area contributed by atoms with E-state index in [0.717, 1.165) is 12.2 Å². The van der Waals surface area contributed by atoms with Crippen LogP contribution in [0.5, 0.6) is 0 Å². The number of ether oxygens (including phenoxy) is 1. The zero-order valence-electron chi connectivity index (χ0n) is 9.50. The largest absolute Gasteiger partial charge is 0.349 e. The van der Waals surface area contributed by atoms with Crippen molar-refractivity contribution < 1.29 is 4.74 Å². The van der Waals surface area contributed by atoms with Crippen LogP contribution in [-0.2, 0) is 4.74 Å². The minimum atomic E-state index is -1.48. The molecule has 1 atom stereocenters. The molecule has 0 spiro atoms. The molecule has 0 unspecified atom stereocenters. The zero-order valence-corrected chi connectivity index (χ0v) is 11.8. The Bertz CT molecular complexity index is 379. The highest BCUT2D eigenvalue weighted by atomic mass is 35.6. The highest BCUT2D eigenvalue weighted by Gasteiger charge is 2.55. The van der Waals surface area contributed by atoms with Crippen molar-refractivity contribution >= 4 is 40.5 Å². The quantitative estimate of drug-likeness (QED) is 0.765. The minimum Gasteiger partial charge on any atom is -0.349 e. The number of para-hydroxylation sites is 1. The Morgan fingerprint density at radius 1 is 1.29 bits per heavy atom. The van der Waals surface area contributed by atoms with Gasteiger partial charge in [-0.05, 0) is 18.6 Å². The van der Waals surface area contributed by atoms with Crippen LogP contribution in [0.2, 0.25) is 0 Å². The molecule has 1 aliphatic heterocycles. The van der Waals surface area contributed by atoms with Crippen LogP contribution in [0.15, 0.2) is 30.3 Å². The van der Waals surface area contributed by atoms with Gasteiger partial charge in [-0.15, -0.1) is 0 Å². The second-order valence-electron chi connectivity index (χ2n) is 3.97. The first-order chi connectivity index (χ1) is 8.01. The Labute approximate surface area is 116 Å². The summed E-state index contributed by atoms with van der Waals surface area (Å²) in [6.45, 7) is 3.26. The lowest BCUT2D eigenvalue weighted by Gasteiger charge is -2.42. The fourth-order valence-corrected chi connectivity index (χ4v) is 3.11. The van der Waals surface area contributed by atoms with E-state index in [9.17, 15) is 0 Å². The molecule has 0 saturated carbocycles. The van der Waals surface area contributed by atoms with Crippen LogP contribution in [-0.4, -0.2) is 22.7 Å². The monoisotopic (exact) mass is 293 g/mol. The molecule has 1 aromatic rings. The molecule has 0 amide bonds. The van der Waals surface area contributed by atoms with Gasteiger partial charge in [-0.3, -0.25) is 0 Å². The third-order valence-corrected chi connectivity index (χ3v) is 3.97. The molecule has 1 aliphatic rings. The van der Waals surface area contributed by atoms with Gasteiger partial charge in [0.2, 0.25) is 3.79 Å². The summed E-state index contributed by atoms with van der Waals surface area (Å²) in [7, 11) is 0. The van der Waals surface area contributed by atoms with Gasteiger partial charge in [-0.1, -0.05) is 59.9 Å². The van der Waals surface area contributed by atoms with Crippen LogP contribution in [0.3, 0.4) is 0 Å². The van der Waals surface area contributed by atoms with E-state index in [1.165, 1.54) is 0 Å². The van der Waals surface area contributed by atoms with Crippen LogP contribution in [0.1, 0.15) is 13.3 Å². The maximum atomic E-state index is 6.11. The van der Waals surface area contributed by atoms with Crippen LogP contribution in [0.4, 0.5) is 5.69 Å². The van der Waals surface area contributed by atoms with Gasteiger partial charge in [0.05, 0.1) is 6.61 Å². The van der Waals surface area contributed by atoms with Gasteiger partial charge >= 0.3 is 0 Å². The van der Waals surface area contributed by atoms with E-state index in [-0.39, 0.29) is 0 Å². The van der Waals surface area contributed by atoms with E-state index >= 15 is 0 Å². The minimum absolute atomic E-state index is 0.566. The summed E-state index contributed by atoms with van der Waals surface area (Å²) in [5.74, 6) is 0. The van der Waals surface area contributed by atoms with Crippen molar-refractivity contribution in [3.05, 3.63) is 30.3 Å². The number of anilines is 1. The summed E-state index contributed by atoms with van der Waals surface area (Å²) in [6, 6.07) is 9.88. The second-order valence-corrected chi connectivity index (χ2v) is 6.25. The van der Waals surface area contributed by atoms with E-state index in [2.05, 4.69) is 0 Å². The van der Waals surface area contributed by atoms with E-state index in [1.807, 2.05) is 42.2 Å². The molecule has 0 aromatic heterocycles. The van der Waals surface area contributed by atoms with Crippen molar-refractivity contribution in [2.75, 3.05) is 18.1 Å². The van der Waals surface area contributed by atoms with E-state index < -0.39 is 9.52 Å². The Hall–Kier alpha value is -0.150. The standard InChI is InChI=1S/C12H14Cl3NO/c1-2-11(12(13,14)15)16(8-9-17-11)10-6-4-3-5-7-10/h3-7H,2,8-9H2,1H3/t11-/m1/s1. The molecule has 5 heteroatoms. The molecule has 1 fully saturated rings. The molecular formula is C12H14Cl3NO. The van der Waals surface area contributed by atoms with E-state index in [0.29, 0.717) is 13.0 Å². The first kappa shape index (κ1) is 13.3. The van der Waals surface area contributed by atoms with Crippen molar-refractivity contribution in [1.29, 1.82) is 0 Å². The summed E-state index contributed by atoms with van der Waals surface area (Å²) < 4.78 is 4.27. The van der Waals surface area contributed by atoms with Gasteiger partial charge in [0, 0.05) is 12.2 Å². The maximum Gasteiger partial charge on any atom is 0.237 e. The Morgan fingerprint density at radius 2 is 1.94 bits per heavy atom. The van der Waals surface area contributed by atoms with Crippen LogP contribution >= 0.6 is 34.8 Å². The average Bonchev–Trinajstić information content (AvgIpc) is 2.74. The van der Waals surface area contributed by atoms with Crippen molar-refractivity contribution in [2.45, 2.75) is 22.9 Å². The first-order valence-electron chi connectivity index (χ1n) is 5.54. The van der Waals surface area contributed by atoms with Crippen LogP contribution < -0.4 is 4.90 Å². The molecule has 0 radical (unpaired) electrons. The van der Waals surface area contributed by atoms with Gasteiger partial charge in [0.1, 0.15) is 0 Å². The number of halogens is 3. The molecule has 17 heavy (non-hydrogen) atoms. The summed E-state index contributed by atoms with van der Waals surface area (Å²) in [4.78, 5) is 2.03. The summed E-state index contributed by atoms with van der Waals surface area (Å²) >= 11 is 18.3. The fraction of sp³-hybridized carbons (Fsp3) is 0.500. The summed E-state index contributed by atoms with van der Waals surface area (Å²) in [5.41, 5.74) is 0.136. The lowest BCUT2D eigenvalue weighted by atomic mass is 10.1. The molecule has 1 heterocycles. The molecule has 0 bridgehead atoms. The predicted molar refractivity (Wildman–Crippen MR) is 73.1 cm³/mol. The van der Waals surface area contributed by atoms with Gasteiger partial charge < -0.3 is 9.64 Å². The van der Waals surface area contributed by atoms with E-state index in [4.69, 9.17) is 39.5 Å². The van der Waals surface area contributed by atoms with Crippen LogP contribution in [0.25, 0.3) is 0 Å². The molecule has 2 rings (SSSR count). The predicted octanol–water partition coefficient (Wildman–Crippen LogP) is 4.00. The Morgan fingerprint density at radius 3 is 2.47 bits per heavy atom. The number of nitrogens with zero attached hydrogens (tertiary/aromatic N) is 1. The number of rotatable bonds is 2. The Balaban J connectivity index is 2.40. The molecule has 94 valence electrons. The van der Waals surface area contributed by atoms with Crippen molar-refractivity contribution in [3.8, 4) is 0 Å². The molecule has 0 N–H and O–H groups in total. The first-order valence-corrected chi connectivity index (χ1v) is 6.68. The van der Waals surface area contributed by atoms with Gasteiger partial charge in [0.15, 0.2) is 5.72 Å². The lowest BCUT2D eigenvalue weighted by Crippen LogP contribution is -2.54. The number of alkyl halides is 3. The Kier molecular flexibility index (Phi) is 3.79. The number of benzene rings is 1. The third kappa shape index (κ3) is 2.24. The fourth-order valence-electron chi connectivity index (χ4n) is 2.24. The molecule has 1 aromatic carbocycles. The second kappa shape index (κ2) is 4.85. The van der Waals surface area contributed by atoms with Crippen molar-refractivity contribution in [2.24, 2.45) is 0 Å². The lowest BCUT2D eigenvalue weighted by molar-refractivity contribution is 0.00599.